The molecule has 0 nitrogen and oxygen atoms in total. The zero-order chi connectivity index (χ0) is 9.42. The molecular formula is C12H15I. The lowest BCUT2D eigenvalue weighted by molar-refractivity contribution is 0.684. The van der Waals surface area contributed by atoms with Crippen LogP contribution in [0.15, 0.2) is 12.1 Å². The highest BCUT2D eigenvalue weighted by atomic mass is 127. The summed E-state index contributed by atoms with van der Waals surface area (Å²) in [5.74, 6) is 0. The van der Waals surface area contributed by atoms with Crippen molar-refractivity contribution in [3.05, 3.63) is 34.4 Å². The Hall–Kier alpha value is -0.0500. The summed E-state index contributed by atoms with van der Waals surface area (Å²) in [5, 5.41) is 0. The van der Waals surface area contributed by atoms with Crippen molar-refractivity contribution in [2.45, 2.75) is 37.0 Å². The SMILES string of the molecule is Cc1cc(C)c2c(c1)C(I)CCC2. The van der Waals surface area contributed by atoms with Gasteiger partial charge in [-0.3, -0.25) is 0 Å². The average molecular weight is 286 g/mol. The summed E-state index contributed by atoms with van der Waals surface area (Å²) in [6.07, 6.45) is 4.02. The molecule has 0 fully saturated rings. The zero-order valence-electron chi connectivity index (χ0n) is 8.23. The molecule has 0 aliphatic heterocycles. The van der Waals surface area contributed by atoms with Crippen molar-refractivity contribution in [3.63, 3.8) is 0 Å². The fraction of sp³-hybridized carbons (Fsp3) is 0.500. The largest absolute Gasteiger partial charge is 0.0774 e. The van der Waals surface area contributed by atoms with Gasteiger partial charge in [-0.25, -0.2) is 0 Å². The van der Waals surface area contributed by atoms with Gasteiger partial charge in [0.25, 0.3) is 0 Å². The van der Waals surface area contributed by atoms with Crippen LogP contribution >= 0.6 is 22.6 Å². The van der Waals surface area contributed by atoms with Gasteiger partial charge in [-0.05, 0) is 49.8 Å². The molecule has 2 rings (SSSR count). The molecule has 13 heavy (non-hydrogen) atoms. The predicted octanol–water partition coefficient (Wildman–Crippen LogP) is 4.12. The lowest BCUT2D eigenvalue weighted by atomic mass is 9.87. The minimum absolute atomic E-state index is 0.750. The molecule has 0 N–H and O–H groups in total. The van der Waals surface area contributed by atoms with E-state index in [0.717, 1.165) is 3.92 Å². The van der Waals surface area contributed by atoms with E-state index >= 15 is 0 Å². The van der Waals surface area contributed by atoms with Crippen molar-refractivity contribution in [3.8, 4) is 0 Å². The second kappa shape index (κ2) is 3.60. The first-order valence-corrected chi connectivity index (χ1v) is 6.17. The molecule has 1 heteroatoms. The molecule has 1 aromatic rings. The highest BCUT2D eigenvalue weighted by Crippen LogP contribution is 2.38. The molecular weight excluding hydrogens is 271 g/mol. The Morgan fingerprint density at radius 1 is 1.31 bits per heavy atom. The molecule has 0 aromatic heterocycles. The second-order valence-corrected chi connectivity index (χ2v) is 5.51. The smallest absolute Gasteiger partial charge is 0.0362 e. The normalized spacial score (nSPS) is 21.3. The highest BCUT2D eigenvalue weighted by molar-refractivity contribution is 14.1. The Labute approximate surface area is 93.9 Å². The van der Waals surface area contributed by atoms with Crippen LogP contribution in [0.4, 0.5) is 0 Å². The molecule has 1 aliphatic carbocycles. The van der Waals surface area contributed by atoms with Crippen molar-refractivity contribution in [2.75, 3.05) is 0 Å². The molecule has 0 saturated carbocycles. The Balaban J connectivity index is 2.56. The van der Waals surface area contributed by atoms with Crippen LogP contribution < -0.4 is 0 Å². The molecule has 70 valence electrons. The quantitative estimate of drug-likeness (QED) is 0.497. The average Bonchev–Trinajstić information content (AvgIpc) is 2.07. The van der Waals surface area contributed by atoms with Crippen LogP contribution in [0, 0.1) is 13.8 Å². The number of alkyl halides is 1. The summed E-state index contributed by atoms with van der Waals surface area (Å²) < 4.78 is 0.750. The zero-order valence-corrected chi connectivity index (χ0v) is 10.4. The number of fused-ring (bicyclic) bond motifs is 1. The molecule has 0 bridgehead atoms. The molecule has 0 radical (unpaired) electrons. The number of rotatable bonds is 0. The Morgan fingerprint density at radius 3 is 2.85 bits per heavy atom. The van der Waals surface area contributed by atoms with E-state index in [1.807, 2.05) is 0 Å². The van der Waals surface area contributed by atoms with Gasteiger partial charge in [0.1, 0.15) is 0 Å². The monoisotopic (exact) mass is 286 g/mol. The molecule has 0 spiro atoms. The van der Waals surface area contributed by atoms with E-state index in [1.54, 1.807) is 11.1 Å². The summed E-state index contributed by atoms with van der Waals surface area (Å²) in [7, 11) is 0. The third-order valence-corrected chi connectivity index (χ3v) is 4.17. The van der Waals surface area contributed by atoms with Gasteiger partial charge in [0.15, 0.2) is 0 Å². The van der Waals surface area contributed by atoms with E-state index < -0.39 is 0 Å². The third-order valence-electron chi connectivity index (χ3n) is 2.87. The summed E-state index contributed by atoms with van der Waals surface area (Å²) in [4.78, 5) is 0. The molecule has 0 saturated heterocycles. The molecule has 0 heterocycles. The lowest BCUT2D eigenvalue weighted by Crippen LogP contribution is -2.07. The highest BCUT2D eigenvalue weighted by Gasteiger charge is 2.18. The number of halogens is 1. The van der Waals surface area contributed by atoms with Crippen LogP contribution in [0.2, 0.25) is 0 Å². The molecule has 1 aromatic carbocycles. The van der Waals surface area contributed by atoms with Gasteiger partial charge >= 0.3 is 0 Å². The fourth-order valence-electron chi connectivity index (χ4n) is 2.26. The first-order valence-electron chi connectivity index (χ1n) is 4.92. The molecule has 1 atom stereocenters. The van der Waals surface area contributed by atoms with Crippen molar-refractivity contribution in [1.82, 2.24) is 0 Å². The van der Waals surface area contributed by atoms with Crippen molar-refractivity contribution in [1.29, 1.82) is 0 Å². The van der Waals surface area contributed by atoms with Gasteiger partial charge in [0.05, 0.1) is 0 Å². The Kier molecular flexibility index (Phi) is 2.63. The first-order chi connectivity index (χ1) is 6.18. The summed E-state index contributed by atoms with van der Waals surface area (Å²) in [6, 6.07) is 4.69. The lowest BCUT2D eigenvalue weighted by Gasteiger charge is -2.23. The molecule has 1 unspecified atom stereocenters. The van der Waals surface area contributed by atoms with Gasteiger partial charge in [-0.15, -0.1) is 0 Å². The van der Waals surface area contributed by atoms with Crippen molar-refractivity contribution >= 4 is 22.6 Å². The van der Waals surface area contributed by atoms with Crippen LogP contribution in [0.1, 0.15) is 39.0 Å². The van der Waals surface area contributed by atoms with Crippen molar-refractivity contribution < 1.29 is 0 Å². The van der Waals surface area contributed by atoms with Crippen molar-refractivity contribution in [2.24, 2.45) is 0 Å². The first kappa shape index (κ1) is 9.50. The van der Waals surface area contributed by atoms with Crippen LogP contribution in [-0.2, 0) is 6.42 Å². The summed E-state index contributed by atoms with van der Waals surface area (Å²) >= 11 is 2.58. The maximum absolute atomic E-state index is 2.58. The summed E-state index contributed by atoms with van der Waals surface area (Å²) in [5.41, 5.74) is 6.14. The molecule has 0 amide bonds. The maximum Gasteiger partial charge on any atom is 0.0362 e. The van der Waals surface area contributed by atoms with Gasteiger partial charge in [0, 0.05) is 3.92 Å². The fourth-order valence-corrected chi connectivity index (χ4v) is 3.26. The van der Waals surface area contributed by atoms with Gasteiger partial charge in [-0.2, -0.15) is 0 Å². The van der Waals surface area contributed by atoms with Gasteiger partial charge in [0.2, 0.25) is 0 Å². The minimum atomic E-state index is 0.750. The number of hydrogen-bond acceptors (Lipinski definition) is 0. The van der Waals surface area contributed by atoms with E-state index in [1.165, 1.54) is 30.4 Å². The number of aryl methyl sites for hydroxylation is 2. The maximum atomic E-state index is 2.58. The van der Waals surface area contributed by atoms with E-state index in [-0.39, 0.29) is 0 Å². The minimum Gasteiger partial charge on any atom is -0.0774 e. The van der Waals surface area contributed by atoms with E-state index in [9.17, 15) is 0 Å². The Bertz CT molecular complexity index is 328. The van der Waals surface area contributed by atoms with Crippen LogP contribution in [-0.4, -0.2) is 0 Å². The van der Waals surface area contributed by atoms with E-state index in [0.29, 0.717) is 0 Å². The summed E-state index contributed by atoms with van der Waals surface area (Å²) in [6.45, 7) is 4.45. The number of hydrogen-bond donors (Lipinski definition) is 0. The number of benzene rings is 1. The topological polar surface area (TPSA) is 0 Å². The van der Waals surface area contributed by atoms with Crippen LogP contribution in [0.5, 0.6) is 0 Å². The van der Waals surface area contributed by atoms with E-state index in [2.05, 4.69) is 48.6 Å². The standard InChI is InChI=1S/C12H15I/c1-8-6-9(2)10-4-3-5-12(13)11(10)7-8/h6-7,12H,3-5H2,1-2H3. The molecule has 1 aliphatic rings. The van der Waals surface area contributed by atoms with Crippen LogP contribution in [0.3, 0.4) is 0 Å². The van der Waals surface area contributed by atoms with Crippen LogP contribution in [0.25, 0.3) is 0 Å². The van der Waals surface area contributed by atoms with Gasteiger partial charge in [-0.1, -0.05) is 40.3 Å². The van der Waals surface area contributed by atoms with Gasteiger partial charge < -0.3 is 0 Å². The van der Waals surface area contributed by atoms with E-state index in [4.69, 9.17) is 0 Å². The predicted molar refractivity (Wildman–Crippen MR) is 65.6 cm³/mol. The second-order valence-electron chi connectivity index (χ2n) is 4.01. The third kappa shape index (κ3) is 1.76. The Morgan fingerprint density at radius 2 is 2.08 bits per heavy atom.